The molecule has 0 bridgehead atoms. The molecule has 0 radical (unpaired) electrons. The zero-order chi connectivity index (χ0) is 19.8. The van der Waals surface area contributed by atoms with E-state index in [2.05, 4.69) is 10.1 Å². The van der Waals surface area contributed by atoms with Crippen LogP contribution >= 0.6 is 11.6 Å². The smallest absolute Gasteiger partial charge is 0.282 e. The molecule has 0 fully saturated rings. The third-order valence-electron chi connectivity index (χ3n) is 4.57. The van der Waals surface area contributed by atoms with E-state index >= 15 is 0 Å². The maximum Gasteiger partial charge on any atom is 0.282 e. The minimum Gasteiger partial charge on any atom is -0.453 e. The van der Waals surface area contributed by atoms with Crippen molar-refractivity contribution in [3.05, 3.63) is 99.8 Å². The number of rotatable bonds is 3. The van der Waals surface area contributed by atoms with Crippen molar-refractivity contribution in [3.63, 3.8) is 0 Å². The first kappa shape index (κ1) is 17.4. The Morgan fingerprint density at radius 1 is 0.966 bits per heavy atom. The average molecular weight is 400 g/mol. The van der Waals surface area contributed by atoms with Gasteiger partial charge in [-0.2, -0.15) is 9.78 Å². The van der Waals surface area contributed by atoms with Crippen molar-refractivity contribution < 1.29 is 4.42 Å². The van der Waals surface area contributed by atoms with E-state index < -0.39 is 0 Å². The second-order valence-corrected chi connectivity index (χ2v) is 6.95. The van der Waals surface area contributed by atoms with Crippen molar-refractivity contribution >= 4 is 39.7 Å². The molecule has 0 aliphatic rings. The molecular weight excluding hydrogens is 386 g/mol. The predicted molar refractivity (Wildman–Crippen MR) is 116 cm³/mol. The molecule has 5 rings (SSSR count). The highest BCUT2D eigenvalue weighted by Crippen LogP contribution is 2.27. The maximum atomic E-state index is 13.2. The standard InChI is InChI=1S/C23H14ClN3O2/c24-17-8-5-6-15(12-17)14-25-27-22(21-13-16-7-1-4-11-20(16)29-21)26-19-10-3-2-9-18(19)23(27)28/h1-14H. The van der Waals surface area contributed by atoms with Gasteiger partial charge in [-0.3, -0.25) is 4.79 Å². The molecule has 3 aromatic carbocycles. The van der Waals surface area contributed by atoms with Gasteiger partial charge in [-0.05, 0) is 42.0 Å². The topological polar surface area (TPSA) is 60.4 Å². The largest absolute Gasteiger partial charge is 0.453 e. The zero-order valence-electron chi connectivity index (χ0n) is 15.1. The van der Waals surface area contributed by atoms with Crippen molar-refractivity contribution in [1.82, 2.24) is 9.66 Å². The Bertz CT molecular complexity index is 1420. The Kier molecular flexibility index (Phi) is 4.22. The van der Waals surface area contributed by atoms with Crippen molar-refractivity contribution in [1.29, 1.82) is 0 Å². The van der Waals surface area contributed by atoms with E-state index in [4.69, 9.17) is 16.0 Å². The molecule has 5 nitrogen and oxygen atoms in total. The third kappa shape index (κ3) is 3.22. The Labute approximate surface area is 170 Å². The highest BCUT2D eigenvalue weighted by molar-refractivity contribution is 6.30. The van der Waals surface area contributed by atoms with Crippen molar-refractivity contribution in [2.45, 2.75) is 0 Å². The van der Waals surface area contributed by atoms with E-state index in [0.29, 0.717) is 27.5 Å². The summed E-state index contributed by atoms with van der Waals surface area (Å²) in [7, 11) is 0. The van der Waals surface area contributed by atoms with Crippen LogP contribution in [0.15, 0.2) is 93.2 Å². The highest BCUT2D eigenvalue weighted by atomic mass is 35.5. The van der Waals surface area contributed by atoms with Gasteiger partial charge in [-0.15, -0.1) is 0 Å². The molecule has 0 unspecified atom stereocenters. The first-order valence-corrected chi connectivity index (χ1v) is 9.37. The lowest BCUT2D eigenvalue weighted by Gasteiger charge is -2.07. The summed E-state index contributed by atoms with van der Waals surface area (Å²) in [5, 5.41) is 6.41. The zero-order valence-corrected chi connectivity index (χ0v) is 15.9. The van der Waals surface area contributed by atoms with Gasteiger partial charge in [0.25, 0.3) is 5.56 Å². The van der Waals surface area contributed by atoms with Gasteiger partial charge in [0.05, 0.1) is 17.1 Å². The molecule has 5 aromatic rings. The van der Waals surface area contributed by atoms with Crippen LogP contribution in [0.1, 0.15) is 5.56 Å². The van der Waals surface area contributed by atoms with Crippen molar-refractivity contribution in [2.75, 3.05) is 0 Å². The Balaban J connectivity index is 1.75. The minimum absolute atomic E-state index is 0.274. The van der Waals surface area contributed by atoms with Crippen LogP contribution in [0.5, 0.6) is 0 Å². The highest BCUT2D eigenvalue weighted by Gasteiger charge is 2.16. The Hall–Kier alpha value is -3.70. The number of benzene rings is 3. The van der Waals surface area contributed by atoms with Gasteiger partial charge < -0.3 is 4.42 Å². The molecule has 0 spiro atoms. The fourth-order valence-electron chi connectivity index (χ4n) is 3.19. The summed E-state index contributed by atoms with van der Waals surface area (Å²) in [4.78, 5) is 17.8. The Morgan fingerprint density at radius 2 is 1.79 bits per heavy atom. The minimum atomic E-state index is -0.274. The summed E-state index contributed by atoms with van der Waals surface area (Å²) >= 11 is 6.05. The molecule has 0 aliphatic carbocycles. The fourth-order valence-corrected chi connectivity index (χ4v) is 3.39. The van der Waals surface area contributed by atoms with Crippen LogP contribution in [-0.4, -0.2) is 15.9 Å². The number of hydrogen-bond acceptors (Lipinski definition) is 4. The quantitative estimate of drug-likeness (QED) is 0.384. The molecule has 29 heavy (non-hydrogen) atoms. The van der Waals surface area contributed by atoms with Crippen LogP contribution in [0.3, 0.4) is 0 Å². The number of furan rings is 1. The number of fused-ring (bicyclic) bond motifs is 2. The normalized spacial score (nSPS) is 11.6. The van der Waals surface area contributed by atoms with Crippen LogP contribution in [0.25, 0.3) is 33.5 Å². The van der Waals surface area contributed by atoms with Crippen molar-refractivity contribution in [3.8, 4) is 11.6 Å². The van der Waals surface area contributed by atoms with E-state index in [1.165, 1.54) is 4.68 Å². The van der Waals surface area contributed by atoms with Gasteiger partial charge >= 0.3 is 0 Å². The van der Waals surface area contributed by atoms with Crippen LogP contribution < -0.4 is 5.56 Å². The number of hydrogen-bond donors (Lipinski definition) is 0. The van der Waals surface area contributed by atoms with E-state index in [0.717, 1.165) is 16.5 Å². The fraction of sp³-hybridized carbons (Fsp3) is 0. The molecule has 6 heteroatoms. The van der Waals surface area contributed by atoms with E-state index in [1.807, 2.05) is 48.5 Å². The van der Waals surface area contributed by atoms with Crippen molar-refractivity contribution in [2.24, 2.45) is 5.10 Å². The summed E-state index contributed by atoms with van der Waals surface area (Å²) in [6, 6.07) is 23.9. The third-order valence-corrected chi connectivity index (χ3v) is 4.81. The number of aromatic nitrogens is 2. The van der Waals surface area contributed by atoms with Crippen LogP contribution in [-0.2, 0) is 0 Å². The lowest BCUT2D eigenvalue weighted by atomic mass is 10.2. The molecule has 0 saturated heterocycles. The number of halogens is 1. The van der Waals surface area contributed by atoms with E-state index in [1.54, 1.807) is 36.5 Å². The van der Waals surface area contributed by atoms with E-state index in [9.17, 15) is 4.79 Å². The lowest BCUT2D eigenvalue weighted by Crippen LogP contribution is -2.20. The first-order chi connectivity index (χ1) is 14.2. The number of nitrogens with zero attached hydrogens (tertiary/aromatic N) is 3. The molecule has 140 valence electrons. The maximum absolute atomic E-state index is 13.2. The van der Waals surface area contributed by atoms with Gasteiger partial charge in [-0.1, -0.05) is 54.1 Å². The molecule has 2 aromatic heterocycles. The molecule has 0 saturated carbocycles. The summed E-state index contributed by atoms with van der Waals surface area (Å²) in [6.45, 7) is 0. The van der Waals surface area contributed by atoms with Crippen LogP contribution in [0, 0.1) is 0 Å². The SMILES string of the molecule is O=c1c2ccccc2nc(-c2cc3ccccc3o2)n1N=Cc1cccc(Cl)c1. The van der Waals surface area contributed by atoms with Crippen LogP contribution in [0.2, 0.25) is 5.02 Å². The van der Waals surface area contributed by atoms with Crippen LogP contribution in [0.4, 0.5) is 0 Å². The molecule has 0 aliphatic heterocycles. The van der Waals surface area contributed by atoms with E-state index in [-0.39, 0.29) is 5.56 Å². The van der Waals surface area contributed by atoms with Gasteiger partial charge in [0.1, 0.15) is 5.58 Å². The first-order valence-electron chi connectivity index (χ1n) is 9.00. The summed E-state index contributed by atoms with van der Waals surface area (Å²) in [5.74, 6) is 0.806. The number of para-hydroxylation sites is 2. The van der Waals surface area contributed by atoms with Gasteiger partial charge in [0.2, 0.25) is 5.82 Å². The molecule has 0 N–H and O–H groups in total. The average Bonchev–Trinajstić information content (AvgIpc) is 3.17. The second-order valence-electron chi connectivity index (χ2n) is 6.52. The Morgan fingerprint density at radius 3 is 2.66 bits per heavy atom. The summed E-state index contributed by atoms with van der Waals surface area (Å²) < 4.78 is 7.22. The summed E-state index contributed by atoms with van der Waals surface area (Å²) in [6.07, 6.45) is 1.58. The van der Waals surface area contributed by atoms with Gasteiger partial charge in [-0.25, -0.2) is 4.98 Å². The summed E-state index contributed by atoms with van der Waals surface area (Å²) in [5.41, 5.74) is 1.80. The molecular formula is C23H14ClN3O2. The van der Waals surface area contributed by atoms with Gasteiger partial charge in [0, 0.05) is 10.4 Å². The lowest BCUT2D eigenvalue weighted by molar-refractivity contribution is 0.616. The molecule has 0 amide bonds. The predicted octanol–water partition coefficient (Wildman–Crippen LogP) is 5.35. The van der Waals surface area contributed by atoms with Gasteiger partial charge in [0.15, 0.2) is 5.76 Å². The monoisotopic (exact) mass is 399 g/mol. The molecule has 2 heterocycles. The second kappa shape index (κ2) is 7.04. The molecule has 0 atom stereocenters.